The van der Waals surface area contributed by atoms with Crippen molar-refractivity contribution in [3.63, 3.8) is 0 Å². The van der Waals surface area contributed by atoms with E-state index in [0.29, 0.717) is 6.54 Å². The van der Waals surface area contributed by atoms with E-state index >= 15 is 0 Å². The van der Waals surface area contributed by atoms with Crippen molar-refractivity contribution in [1.82, 2.24) is 4.98 Å². The van der Waals surface area contributed by atoms with E-state index in [0.717, 1.165) is 22.5 Å². The summed E-state index contributed by atoms with van der Waals surface area (Å²) < 4.78 is 1.23. The Morgan fingerprint density at radius 2 is 2.06 bits per heavy atom. The van der Waals surface area contributed by atoms with Gasteiger partial charge >= 0.3 is 0 Å². The molecule has 0 saturated heterocycles. The van der Waals surface area contributed by atoms with E-state index in [1.54, 1.807) is 11.3 Å². The number of fused-ring (bicyclic) bond motifs is 1. The fraction of sp³-hybridized carbons (Fsp3) is 0.0714. The van der Waals surface area contributed by atoms with Gasteiger partial charge in [0.15, 0.2) is 0 Å². The average Bonchev–Trinajstić information content (AvgIpc) is 2.89. The number of hydrogen-bond donors (Lipinski definition) is 2. The highest BCUT2D eigenvalue weighted by Gasteiger charge is 2.05. The summed E-state index contributed by atoms with van der Waals surface area (Å²) in [5.74, 6) is 0.884. The molecule has 0 radical (unpaired) electrons. The van der Waals surface area contributed by atoms with Crippen molar-refractivity contribution in [2.24, 2.45) is 5.73 Å². The van der Waals surface area contributed by atoms with Gasteiger partial charge < -0.3 is 11.1 Å². The molecule has 0 atom stereocenters. The third-order valence-electron chi connectivity index (χ3n) is 2.87. The van der Waals surface area contributed by atoms with Crippen LogP contribution in [0, 0.1) is 0 Å². The van der Waals surface area contributed by atoms with Crippen LogP contribution in [-0.4, -0.2) is 4.98 Å². The molecule has 3 aromatic rings. The Labute approximate surface area is 109 Å². The molecule has 0 aliphatic rings. The summed E-state index contributed by atoms with van der Waals surface area (Å²) in [4.78, 5) is 4.40. The quantitative estimate of drug-likeness (QED) is 0.753. The maximum atomic E-state index is 5.74. The van der Waals surface area contributed by atoms with Gasteiger partial charge in [-0.15, -0.1) is 11.3 Å². The minimum absolute atomic E-state index is 0.517. The molecule has 18 heavy (non-hydrogen) atoms. The zero-order valence-electron chi connectivity index (χ0n) is 9.76. The molecule has 0 aliphatic carbocycles. The van der Waals surface area contributed by atoms with Crippen LogP contribution in [0.5, 0.6) is 0 Å². The molecule has 0 spiro atoms. The van der Waals surface area contributed by atoms with Gasteiger partial charge in [-0.1, -0.05) is 18.2 Å². The molecule has 3 N–H and O–H groups in total. The Morgan fingerprint density at radius 1 is 1.17 bits per heavy atom. The first kappa shape index (κ1) is 11.2. The van der Waals surface area contributed by atoms with Gasteiger partial charge in [0, 0.05) is 28.5 Å². The van der Waals surface area contributed by atoms with Gasteiger partial charge in [-0.05, 0) is 29.1 Å². The van der Waals surface area contributed by atoms with Crippen LogP contribution in [0.4, 0.5) is 11.5 Å². The number of anilines is 2. The van der Waals surface area contributed by atoms with Crippen molar-refractivity contribution >= 4 is 32.9 Å². The number of pyridine rings is 1. The first-order valence-corrected chi connectivity index (χ1v) is 6.63. The Morgan fingerprint density at radius 3 is 2.94 bits per heavy atom. The monoisotopic (exact) mass is 255 g/mol. The predicted octanol–water partition coefficient (Wildman–Crippen LogP) is 3.50. The number of para-hydroxylation sites is 1. The lowest BCUT2D eigenvalue weighted by Gasteiger charge is -2.10. The van der Waals surface area contributed by atoms with E-state index in [9.17, 15) is 0 Å². The lowest BCUT2D eigenvalue weighted by molar-refractivity contribution is 1.07. The molecule has 90 valence electrons. The number of thiophene rings is 1. The maximum absolute atomic E-state index is 5.74. The normalized spacial score (nSPS) is 10.7. The Balaban J connectivity index is 2.04. The van der Waals surface area contributed by atoms with Gasteiger partial charge in [-0.2, -0.15) is 0 Å². The molecule has 1 aromatic carbocycles. The Bertz CT molecular complexity index is 675. The van der Waals surface area contributed by atoms with Gasteiger partial charge in [0.2, 0.25) is 0 Å². The van der Waals surface area contributed by atoms with Crippen molar-refractivity contribution in [2.45, 2.75) is 6.54 Å². The summed E-state index contributed by atoms with van der Waals surface area (Å²) in [5.41, 5.74) is 7.85. The highest BCUT2D eigenvalue weighted by atomic mass is 32.1. The molecule has 0 amide bonds. The molecule has 0 bridgehead atoms. The van der Waals surface area contributed by atoms with E-state index in [4.69, 9.17) is 5.73 Å². The predicted molar refractivity (Wildman–Crippen MR) is 77.2 cm³/mol. The van der Waals surface area contributed by atoms with Crippen molar-refractivity contribution in [3.8, 4) is 0 Å². The number of benzene rings is 1. The summed E-state index contributed by atoms with van der Waals surface area (Å²) in [6.07, 6.45) is 1.83. The van der Waals surface area contributed by atoms with Crippen LogP contribution in [0.25, 0.3) is 10.1 Å². The number of aromatic nitrogens is 1. The maximum Gasteiger partial charge on any atom is 0.139 e. The summed E-state index contributed by atoms with van der Waals surface area (Å²) in [6, 6.07) is 12.1. The van der Waals surface area contributed by atoms with Gasteiger partial charge in [-0.25, -0.2) is 4.98 Å². The SMILES string of the molecule is NCc1ccccc1Nc1nccc2sccc12. The lowest BCUT2D eigenvalue weighted by Crippen LogP contribution is -2.02. The fourth-order valence-corrected chi connectivity index (χ4v) is 2.72. The van der Waals surface area contributed by atoms with Crippen molar-refractivity contribution in [1.29, 1.82) is 0 Å². The van der Waals surface area contributed by atoms with Crippen LogP contribution in [-0.2, 0) is 6.54 Å². The van der Waals surface area contributed by atoms with Crippen LogP contribution in [0.2, 0.25) is 0 Å². The first-order chi connectivity index (χ1) is 8.88. The smallest absolute Gasteiger partial charge is 0.139 e. The summed E-state index contributed by atoms with van der Waals surface area (Å²) >= 11 is 1.72. The van der Waals surface area contributed by atoms with E-state index in [1.165, 1.54) is 4.70 Å². The number of nitrogens with one attached hydrogen (secondary N) is 1. The van der Waals surface area contributed by atoms with Crippen molar-refractivity contribution in [2.75, 3.05) is 5.32 Å². The molecule has 0 aliphatic heterocycles. The number of hydrogen-bond acceptors (Lipinski definition) is 4. The standard InChI is InChI=1S/C14H13N3S/c15-9-10-3-1-2-4-12(10)17-14-11-6-8-18-13(11)5-7-16-14/h1-8H,9,15H2,(H,16,17). The van der Waals surface area contributed by atoms with Gasteiger partial charge in [0.05, 0.1) is 0 Å². The molecular formula is C14H13N3S. The average molecular weight is 255 g/mol. The molecule has 3 rings (SSSR count). The second-order valence-corrected chi connectivity index (χ2v) is 4.93. The molecule has 0 saturated carbocycles. The van der Waals surface area contributed by atoms with Crippen LogP contribution in [0.3, 0.4) is 0 Å². The minimum Gasteiger partial charge on any atom is -0.339 e. The minimum atomic E-state index is 0.517. The van der Waals surface area contributed by atoms with Gasteiger partial charge in [0.1, 0.15) is 5.82 Å². The highest BCUT2D eigenvalue weighted by Crippen LogP contribution is 2.28. The van der Waals surface area contributed by atoms with Crippen LogP contribution in [0.1, 0.15) is 5.56 Å². The largest absolute Gasteiger partial charge is 0.339 e. The number of nitrogens with two attached hydrogens (primary N) is 1. The fourth-order valence-electron chi connectivity index (χ4n) is 1.94. The lowest BCUT2D eigenvalue weighted by atomic mass is 10.1. The van der Waals surface area contributed by atoms with E-state index < -0.39 is 0 Å². The second kappa shape index (κ2) is 4.76. The summed E-state index contributed by atoms with van der Waals surface area (Å²) in [5, 5.41) is 6.59. The second-order valence-electron chi connectivity index (χ2n) is 3.98. The van der Waals surface area contributed by atoms with E-state index in [2.05, 4.69) is 21.7 Å². The molecule has 0 unspecified atom stereocenters. The van der Waals surface area contributed by atoms with Crippen LogP contribution < -0.4 is 11.1 Å². The van der Waals surface area contributed by atoms with Gasteiger partial charge in [0.25, 0.3) is 0 Å². The van der Waals surface area contributed by atoms with Crippen LogP contribution in [0.15, 0.2) is 48.0 Å². The molecule has 2 aromatic heterocycles. The highest BCUT2D eigenvalue weighted by molar-refractivity contribution is 7.17. The van der Waals surface area contributed by atoms with Crippen molar-refractivity contribution < 1.29 is 0 Å². The Kier molecular flexibility index (Phi) is 2.96. The third kappa shape index (κ3) is 1.96. The molecular weight excluding hydrogens is 242 g/mol. The zero-order valence-corrected chi connectivity index (χ0v) is 10.6. The zero-order chi connectivity index (χ0) is 12.4. The molecule has 2 heterocycles. The molecule has 4 heteroatoms. The van der Waals surface area contributed by atoms with Crippen LogP contribution >= 0.6 is 11.3 Å². The first-order valence-electron chi connectivity index (χ1n) is 5.75. The number of nitrogens with zero attached hydrogens (tertiary/aromatic N) is 1. The Hall–Kier alpha value is -1.91. The summed E-state index contributed by atoms with van der Waals surface area (Å²) in [6.45, 7) is 0.517. The van der Waals surface area contributed by atoms with E-state index in [1.807, 2.05) is 36.5 Å². The molecule has 0 fully saturated rings. The third-order valence-corrected chi connectivity index (χ3v) is 3.75. The topological polar surface area (TPSA) is 50.9 Å². The van der Waals surface area contributed by atoms with E-state index in [-0.39, 0.29) is 0 Å². The number of rotatable bonds is 3. The molecule has 3 nitrogen and oxygen atoms in total. The van der Waals surface area contributed by atoms with Crippen molar-refractivity contribution in [3.05, 3.63) is 53.5 Å². The van der Waals surface area contributed by atoms with Gasteiger partial charge in [-0.3, -0.25) is 0 Å². The summed E-state index contributed by atoms with van der Waals surface area (Å²) in [7, 11) is 0.